The number of carboxylic acid groups (broad SMARTS) is 1. The second kappa shape index (κ2) is 8.19. The van der Waals surface area contributed by atoms with E-state index < -0.39 is 23.8 Å². The molecule has 0 amide bonds. The van der Waals surface area contributed by atoms with Crippen LogP contribution in [0, 0.1) is 23.7 Å². The van der Waals surface area contributed by atoms with Crippen LogP contribution >= 0.6 is 0 Å². The van der Waals surface area contributed by atoms with Crippen molar-refractivity contribution in [3.8, 4) is 5.75 Å². The van der Waals surface area contributed by atoms with Gasteiger partial charge in [0, 0.05) is 10.8 Å². The molecule has 5 rings (SSSR count). The second-order valence-electron chi connectivity index (χ2n) is 12.7. The Hall–Kier alpha value is -3.14. The molecule has 1 N–H and O–H groups in total. The van der Waals surface area contributed by atoms with Crippen LogP contribution in [0.15, 0.2) is 54.1 Å². The zero-order valence-electron chi connectivity index (χ0n) is 22.3. The molecule has 3 aromatic rings. The van der Waals surface area contributed by atoms with Gasteiger partial charge in [0.25, 0.3) is 0 Å². The molecule has 2 aliphatic rings. The monoisotopic (exact) mass is 484 g/mol. The molecule has 0 saturated heterocycles. The van der Waals surface area contributed by atoms with Crippen LogP contribution in [0.3, 0.4) is 0 Å². The summed E-state index contributed by atoms with van der Waals surface area (Å²) >= 11 is 0. The Balaban J connectivity index is 1.75. The van der Waals surface area contributed by atoms with Crippen molar-refractivity contribution in [2.75, 3.05) is 0 Å². The van der Waals surface area contributed by atoms with Crippen LogP contribution in [0.5, 0.6) is 5.75 Å². The molecular weight excluding hydrogens is 448 g/mol. The molecule has 0 heterocycles. The third-order valence-electron chi connectivity index (χ3n) is 8.22. The first kappa shape index (κ1) is 24.5. The van der Waals surface area contributed by atoms with Crippen LogP contribution in [0.2, 0.25) is 0 Å². The molecule has 2 bridgehead atoms. The molecule has 3 aromatic carbocycles. The SMILES string of the molecule is CC1=CC2CC1C(C(=O)O)C2C(=O)Oc1c2cccc(C(C)(C)C)c2cc2cccc(C(C)(C)C)c12. The smallest absolute Gasteiger partial charge is 0.315 e. The molecule has 0 spiro atoms. The van der Waals surface area contributed by atoms with Crippen LogP contribution in [0.4, 0.5) is 0 Å². The van der Waals surface area contributed by atoms with Crippen molar-refractivity contribution in [2.24, 2.45) is 23.7 Å². The first-order valence-electron chi connectivity index (χ1n) is 12.9. The maximum atomic E-state index is 13.8. The van der Waals surface area contributed by atoms with Gasteiger partial charge in [0.05, 0.1) is 11.8 Å². The van der Waals surface area contributed by atoms with Crippen LogP contribution in [-0.2, 0) is 20.4 Å². The van der Waals surface area contributed by atoms with Gasteiger partial charge in [-0.15, -0.1) is 0 Å². The molecule has 0 aliphatic heterocycles. The quantitative estimate of drug-likeness (QED) is 0.182. The van der Waals surface area contributed by atoms with Crippen LogP contribution in [-0.4, -0.2) is 17.0 Å². The Labute approximate surface area is 213 Å². The number of carbonyl (C=O) groups is 2. The second-order valence-corrected chi connectivity index (χ2v) is 12.7. The van der Waals surface area contributed by atoms with Crippen molar-refractivity contribution in [2.45, 2.75) is 65.7 Å². The molecule has 0 radical (unpaired) electrons. The minimum absolute atomic E-state index is 0.0861. The van der Waals surface area contributed by atoms with Crippen LogP contribution < -0.4 is 4.74 Å². The molecule has 188 valence electrons. The summed E-state index contributed by atoms with van der Waals surface area (Å²) in [5.41, 5.74) is 3.09. The number of fused-ring (bicyclic) bond motifs is 4. The fraction of sp³-hybridized carbons (Fsp3) is 0.438. The molecular formula is C32H36O4. The van der Waals surface area contributed by atoms with Gasteiger partial charge in [-0.2, -0.15) is 0 Å². The van der Waals surface area contributed by atoms with E-state index in [9.17, 15) is 14.7 Å². The summed E-state index contributed by atoms with van der Waals surface area (Å²) in [5.74, 6) is -2.38. The molecule has 4 heteroatoms. The Morgan fingerprint density at radius 2 is 1.53 bits per heavy atom. The molecule has 4 nitrogen and oxygen atoms in total. The van der Waals surface area contributed by atoms with Crippen molar-refractivity contribution >= 4 is 33.5 Å². The van der Waals surface area contributed by atoms with E-state index in [1.54, 1.807) is 0 Å². The van der Waals surface area contributed by atoms with E-state index in [0.29, 0.717) is 12.2 Å². The third-order valence-corrected chi connectivity index (χ3v) is 8.22. The molecule has 0 aromatic heterocycles. The molecule has 36 heavy (non-hydrogen) atoms. The van der Waals surface area contributed by atoms with Crippen molar-refractivity contribution in [1.29, 1.82) is 0 Å². The largest absolute Gasteiger partial charge is 0.481 e. The normalized spacial score (nSPS) is 23.8. The van der Waals surface area contributed by atoms with Gasteiger partial charge in [0.1, 0.15) is 5.75 Å². The van der Waals surface area contributed by atoms with Gasteiger partial charge < -0.3 is 9.84 Å². The predicted octanol–water partition coefficient (Wildman–Crippen LogP) is 7.41. The highest BCUT2D eigenvalue weighted by Crippen LogP contribution is 2.52. The Bertz CT molecular complexity index is 1430. The lowest BCUT2D eigenvalue weighted by atomic mass is 9.79. The lowest BCUT2D eigenvalue weighted by Crippen LogP contribution is -2.36. The van der Waals surface area contributed by atoms with Gasteiger partial charge in [0.15, 0.2) is 0 Å². The Morgan fingerprint density at radius 3 is 2.17 bits per heavy atom. The number of esters is 1. The maximum Gasteiger partial charge on any atom is 0.315 e. The first-order chi connectivity index (χ1) is 16.8. The Kier molecular flexibility index (Phi) is 5.59. The van der Waals surface area contributed by atoms with E-state index >= 15 is 0 Å². The summed E-state index contributed by atoms with van der Waals surface area (Å²) in [7, 11) is 0. The fourth-order valence-corrected chi connectivity index (χ4v) is 6.56. The van der Waals surface area contributed by atoms with Crippen molar-refractivity contribution in [3.63, 3.8) is 0 Å². The zero-order valence-corrected chi connectivity index (χ0v) is 22.3. The number of hydrogen-bond acceptors (Lipinski definition) is 3. The summed E-state index contributed by atoms with van der Waals surface area (Å²) in [6.45, 7) is 15.0. The lowest BCUT2D eigenvalue weighted by Gasteiger charge is -2.28. The van der Waals surface area contributed by atoms with E-state index in [1.807, 2.05) is 19.1 Å². The predicted molar refractivity (Wildman–Crippen MR) is 144 cm³/mol. The van der Waals surface area contributed by atoms with E-state index in [2.05, 4.69) is 78.0 Å². The summed E-state index contributed by atoms with van der Waals surface area (Å²) in [4.78, 5) is 26.1. The topological polar surface area (TPSA) is 63.6 Å². The number of rotatable bonds is 3. The number of carbonyl (C=O) groups excluding carboxylic acids is 1. The number of allylic oxidation sites excluding steroid dienone is 2. The van der Waals surface area contributed by atoms with Crippen molar-refractivity contribution in [3.05, 3.63) is 65.2 Å². The number of hydrogen-bond donors (Lipinski definition) is 1. The highest BCUT2D eigenvalue weighted by Gasteiger charge is 2.54. The summed E-state index contributed by atoms with van der Waals surface area (Å²) in [6.07, 6.45) is 2.79. The van der Waals surface area contributed by atoms with Crippen molar-refractivity contribution in [1.82, 2.24) is 0 Å². The molecule has 1 saturated carbocycles. The molecule has 4 unspecified atom stereocenters. The Morgan fingerprint density at radius 1 is 0.889 bits per heavy atom. The number of carboxylic acids is 1. The van der Waals surface area contributed by atoms with Gasteiger partial charge in [0.2, 0.25) is 0 Å². The number of aliphatic carboxylic acids is 1. The summed E-state index contributed by atoms with van der Waals surface area (Å²) in [6, 6.07) is 14.6. The van der Waals surface area contributed by atoms with Gasteiger partial charge in [-0.05, 0) is 64.0 Å². The average molecular weight is 485 g/mol. The summed E-state index contributed by atoms with van der Waals surface area (Å²) in [5, 5.41) is 13.9. The molecule has 1 fully saturated rings. The summed E-state index contributed by atoms with van der Waals surface area (Å²) < 4.78 is 6.37. The molecule has 2 aliphatic carbocycles. The van der Waals surface area contributed by atoms with E-state index in [-0.39, 0.29) is 22.7 Å². The van der Waals surface area contributed by atoms with Gasteiger partial charge in [-0.25, -0.2) is 0 Å². The van der Waals surface area contributed by atoms with E-state index in [4.69, 9.17) is 4.74 Å². The highest BCUT2D eigenvalue weighted by molar-refractivity contribution is 6.09. The minimum Gasteiger partial charge on any atom is -0.481 e. The number of benzene rings is 3. The number of ether oxygens (including phenoxy) is 1. The van der Waals surface area contributed by atoms with Gasteiger partial charge in [-0.3, -0.25) is 9.59 Å². The van der Waals surface area contributed by atoms with E-state index in [0.717, 1.165) is 32.7 Å². The first-order valence-corrected chi connectivity index (χ1v) is 12.9. The lowest BCUT2D eigenvalue weighted by molar-refractivity contribution is -0.152. The van der Waals surface area contributed by atoms with Gasteiger partial charge in [-0.1, -0.05) is 89.6 Å². The average Bonchev–Trinajstić information content (AvgIpc) is 3.34. The van der Waals surface area contributed by atoms with Crippen molar-refractivity contribution < 1.29 is 19.4 Å². The zero-order chi connectivity index (χ0) is 26.2. The fourth-order valence-electron chi connectivity index (χ4n) is 6.56. The van der Waals surface area contributed by atoms with Crippen LogP contribution in [0.25, 0.3) is 21.5 Å². The highest BCUT2D eigenvalue weighted by atomic mass is 16.5. The van der Waals surface area contributed by atoms with Crippen LogP contribution in [0.1, 0.15) is 66.0 Å². The van der Waals surface area contributed by atoms with E-state index in [1.165, 1.54) is 5.56 Å². The van der Waals surface area contributed by atoms with Gasteiger partial charge >= 0.3 is 11.9 Å². The third kappa shape index (κ3) is 3.82. The standard InChI is InChI=1S/C32H36O4/c1-17-14-19-16-21(17)27(29(33)34)26(19)30(35)36-28-20-11-9-12-23(31(2,3)4)22(20)15-18-10-8-13-24(25(18)28)32(5,6)7/h8-15,19,21,26-27H,16H2,1-7H3,(H,33,34). The minimum atomic E-state index is -0.912. The molecule has 4 atom stereocenters. The maximum absolute atomic E-state index is 13.8.